The van der Waals surface area contributed by atoms with Crippen molar-refractivity contribution in [3.05, 3.63) is 0 Å². The van der Waals surface area contributed by atoms with Gasteiger partial charge in [0.25, 0.3) is 0 Å². The molecule has 2 amide bonds. The summed E-state index contributed by atoms with van der Waals surface area (Å²) < 4.78 is 0. The molecule has 0 radical (unpaired) electrons. The summed E-state index contributed by atoms with van der Waals surface area (Å²) in [6, 6.07) is 0. The van der Waals surface area contributed by atoms with E-state index in [0.717, 1.165) is 12.8 Å². The van der Waals surface area contributed by atoms with Crippen LogP contribution in [0.3, 0.4) is 0 Å². The molecular weight excluding hydrogens is 200 g/mol. The van der Waals surface area contributed by atoms with Crippen molar-refractivity contribution < 1.29 is 9.59 Å². The Hall–Kier alpha value is -0.970. The van der Waals surface area contributed by atoms with Crippen molar-refractivity contribution in [2.75, 3.05) is 0 Å². The fraction of sp³-hybridized carbons (Fsp3) is 0.667. The van der Waals surface area contributed by atoms with E-state index in [2.05, 4.69) is 10.6 Å². The highest BCUT2D eigenvalue weighted by Gasteiger charge is 2.44. The first-order valence-electron chi connectivity index (χ1n) is 4.67. The van der Waals surface area contributed by atoms with Gasteiger partial charge in [-0.3, -0.25) is 9.59 Å². The first kappa shape index (κ1) is 11.1. The van der Waals surface area contributed by atoms with Gasteiger partial charge in [-0.15, -0.1) is 0 Å². The van der Waals surface area contributed by atoms with Crippen LogP contribution in [0.4, 0.5) is 0 Å². The van der Waals surface area contributed by atoms with E-state index < -0.39 is 5.41 Å². The lowest BCUT2D eigenvalue weighted by Crippen LogP contribution is -2.61. The quantitative estimate of drug-likeness (QED) is 0.537. The van der Waals surface area contributed by atoms with Crippen LogP contribution >= 0.6 is 12.2 Å². The SMILES string of the molecule is CCCCC1(C)C(=O)NC(=S)NC1=O. The summed E-state index contributed by atoms with van der Waals surface area (Å²) in [5.74, 6) is -0.584. The zero-order chi connectivity index (χ0) is 10.8. The molecule has 5 heteroatoms. The van der Waals surface area contributed by atoms with Gasteiger partial charge in [-0.25, -0.2) is 0 Å². The number of carbonyl (C=O) groups excluding carboxylic acids is 2. The third kappa shape index (κ3) is 1.92. The number of unbranched alkanes of at least 4 members (excludes halogenated alkanes) is 1. The van der Waals surface area contributed by atoms with E-state index in [9.17, 15) is 9.59 Å². The van der Waals surface area contributed by atoms with Crippen molar-refractivity contribution in [3.8, 4) is 0 Å². The maximum Gasteiger partial charge on any atom is 0.241 e. The largest absolute Gasteiger partial charge is 0.302 e. The molecule has 0 aromatic rings. The molecule has 1 fully saturated rings. The molecule has 0 unspecified atom stereocenters. The van der Waals surface area contributed by atoms with Gasteiger partial charge in [0.2, 0.25) is 11.8 Å². The molecule has 0 aromatic carbocycles. The van der Waals surface area contributed by atoms with Gasteiger partial charge < -0.3 is 10.6 Å². The summed E-state index contributed by atoms with van der Waals surface area (Å²) in [6.45, 7) is 3.67. The summed E-state index contributed by atoms with van der Waals surface area (Å²) in [5.41, 5.74) is -0.960. The number of amides is 2. The molecule has 78 valence electrons. The Bertz CT molecular complexity index is 269. The average Bonchev–Trinajstić information content (AvgIpc) is 2.11. The van der Waals surface area contributed by atoms with E-state index in [0.29, 0.717) is 6.42 Å². The lowest BCUT2D eigenvalue weighted by atomic mass is 9.82. The lowest BCUT2D eigenvalue weighted by molar-refractivity contribution is -0.142. The maximum absolute atomic E-state index is 11.6. The van der Waals surface area contributed by atoms with Crippen molar-refractivity contribution in [1.82, 2.24) is 10.6 Å². The van der Waals surface area contributed by atoms with Crippen LogP contribution in [0.2, 0.25) is 0 Å². The minimum atomic E-state index is -0.960. The Morgan fingerprint density at radius 2 is 1.79 bits per heavy atom. The minimum absolute atomic E-state index is 0.106. The Morgan fingerprint density at radius 1 is 1.29 bits per heavy atom. The van der Waals surface area contributed by atoms with Gasteiger partial charge in [0, 0.05) is 0 Å². The summed E-state index contributed by atoms with van der Waals surface area (Å²) in [7, 11) is 0. The molecule has 2 N–H and O–H groups in total. The van der Waals surface area contributed by atoms with Crippen LogP contribution in [0.1, 0.15) is 33.1 Å². The van der Waals surface area contributed by atoms with Crippen molar-refractivity contribution >= 4 is 29.1 Å². The average molecular weight is 214 g/mol. The third-order valence-corrected chi connectivity index (χ3v) is 2.69. The fourth-order valence-corrected chi connectivity index (χ4v) is 1.56. The first-order valence-corrected chi connectivity index (χ1v) is 5.08. The molecule has 1 rings (SSSR count). The van der Waals surface area contributed by atoms with Crippen LogP contribution in [0.25, 0.3) is 0 Å². The number of nitrogens with one attached hydrogen (secondary N) is 2. The van der Waals surface area contributed by atoms with Gasteiger partial charge in [0.15, 0.2) is 5.11 Å². The standard InChI is InChI=1S/C9H14N2O2S/c1-3-4-5-9(2)6(12)10-8(14)11-7(9)13/h3-5H2,1-2H3,(H2,10,11,12,13,14). The van der Waals surface area contributed by atoms with E-state index >= 15 is 0 Å². The van der Waals surface area contributed by atoms with Crippen LogP contribution in [0.15, 0.2) is 0 Å². The second-order valence-corrected chi connectivity index (χ2v) is 4.08. The smallest absolute Gasteiger partial charge is 0.241 e. The number of thiocarbonyl (C=S) groups is 1. The summed E-state index contributed by atoms with van der Waals surface area (Å²) in [6.07, 6.45) is 2.37. The molecular formula is C9H14N2O2S. The molecule has 0 atom stereocenters. The van der Waals surface area contributed by atoms with Crippen molar-refractivity contribution in [2.45, 2.75) is 33.1 Å². The normalized spacial score (nSPS) is 20.3. The Kier molecular flexibility index (Phi) is 3.21. The lowest BCUT2D eigenvalue weighted by Gasteiger charge is -2.31. The van der Waals surface area contributed by atoms with Gasteiger partial charge in [-0.2, -0.15) is 0 Å². The second kappa shape index (κ2) is 4.04. The van der Waals surface area contributed by atoms with Gasteiger partial charge in [-0.05, 0) is 25.6 Å². The zero-order valence-electron chi connectivity index (χ0n) is 8.35. The zero-order valence-corrected chi connectivity index (χ0v) is 9.16. The van der Waals surface area contributed by atoms with Crippen LogP contribution in [0, 0.1) is 5.41 Å². The Balaban J connectivity index is 2.79. The molecule has 1 saturated heterocycles. The van der Waals surface area contributed by atoms with Crippen LogP contribution in [-0.2, 0) is 9.59 Å². The minimum Gasteiger partial charge on any atom is -0.302 e. The van der Waals surface area contributed by atoms with E-state index in [1.54, 1.807) is 6.92 Å². The highest BCUT2D eigenvalue weighted by molar-refractivity contribution is 7.80. The summed E-state index contributed by atoms with van der Waals surface area (Å²) >= 11 is 4.71. The molecule has 0 spiro atoms. The number of hydrogen-bond donors (Lipinski definition) is 2. The number of rotatable bonds is 3. The van der Waals surface area contributed by atoms with Crippen molar-refractivity contribution in [3.63, 3.8) is 0 Å². The van der Waals surface area contributed by atoms with Gasteiger partial charge in [-0.1, -0.05) is 19.8 Å². The first-order chi connectivity index (χ1) is 6.50. The Morgan fingerprint density at radius 3 is 2.21 bits per heavy atom. The fourth-order valence-electron chi connectivity index (χ4n) is 1.37. The molecule has 0 bridgehead atoms. The molecule has 1 aliphatic rings. The van der Waals surface area contributed by atoms with E-state index in [-0.39, 0.29) is 16.9 Å². The van der Waals surface area contributed by atoms with Crippen molar-refractivity contribution in [2.24, 2.45) is 5.41 Å². The van der Waals surface area contributed by atoms with Crippen LogP contribution < -0.4 is 10.6 Å². The maximum atomic E-state index is 11.6. The van der Waals surface area contributed by atoms with Gasteiger partial charge in [0.1, 0.15) is 5.41 Å². The van der Waals surface area contributed by atoms with E-state index in [1.807, 2.05) is 6.92 Å². The van der Waals surface area contributed by atoms with Gasteiger partial charge >= 0.3 is 0 Å². The Labute approximate surface area is 88.4 Å². The van der Waals surface area contributed by atoms with Crippen LogP contribution in [-0.4, -0.2) is 16.9 Å². The highest BCUT2D eigenvalue weighted by atomic mass is 32.1. The molecule has 0 aliphatic carbocycles. The molecule has 4 nitrogen and oxygen atoms in total. The monoisotopic (exact) mass is 214 g/mol. The molecule has 1 aliphatic heterocycles. The topological polar surface area (TPSA) is 58.2 Å². The predicted molar refractivity (Wildman–Crippen MR) is 56.5 cm³/mol. The highest BCUT2D eigenvalue weighted by Crippen LogP contribution is 2.26. The third-order valence-electron chi connectivity index (χ3n) is 2.49. The van der Waals surface area contributed by atoms with Crippen molar-refractivity contribution in [1.29, 1.82) is 0 Å². The summed E-state index contributed by atoms with van der Waals surface area (Å²) in [5, 5.41) is 5.05. The molecule has 14 heavy (non-hydrogen) atoms. The van der Waals surface area contributed by atoms with Gasteiger partial charge in [0.05, 0.1) is 0 Å². The number of hydrogen-bond acceptors (Lipinski definition) is 3. The molecule has 0 saturated carbocycles. The van der Waals surface area contributed by atoms with E-state index in [4.69, 9.17) is 12.2 Å². The molecule has 0 aromatic heterocycles. The predicted octanol–water partition coefficient (Wildman–Crippen LogP) is 0.714. The number of carbonyl (C=O) groups is 2. The van der Waals surface area contributed by atoms with E-state index in [1.165, 1.54) is 0 Å². The van der Waals surface area contributed by atoms with Crippen LogP contribution in [0.5, 0.6) is 0 Å². The molecule has 1 heterocycles. The summed E-state index contributed by atoms with van der Waals surface area (Å²) in [4.78, 5) is 23.2. The second-order valence-electron chi connectivity index (χ2n) is 3.67.